The first-order chi connectivity index (χ1) is 14.1. The van der Waals surface area contributed by atoms with Crippen molar-refractivity contribution in [3.05, 3.63) is 59.7 Å². The second kappa shape index (κ2) is 11.9. The molecule has 0 spiro atoms. The molecule has 30 heavy (non-hydrogen) atoms. The first kappa shape index (κ1) is 24.2. The van der Waals surface area contributed by atoms with Crippen LogP contribution in [-0.2, 0) is 6.42 Å². The van der Waals surface area contributed by atoms with E-state index in [-0.39, 0.29) is 24.0 Å². The number of guanidine groups is 1. The lowest BCUT2D eigenvalue weighted by atomic mass is 10.1. The Labute approximate surface area is 193 Å². The molecule has 1 heterocycles. The Kier molecular flexibility index (Phi) is 9.61. The lowest BCUT2D eigenvalue weighted by molar-refractivity contribution is 0.409. The Balaban J connectivity index is 0.00000320. The maximum Gasteiger partial charge on any atom is 0.190 e. The number of benzene rings is 2. The second-order valence-electron chi connectivity index (χ2n) is 7.14. The van der Waals surface area contributed by atoms with Crippen LogP contribution >= 0.6 is 24.0 Å². The molecule has 1 atom stereocenters. The lowest BCUT2D eigenvalue weighted by Gasteiger charge is -2.19. The van der Waals surface area contributed by atoms with Crippen molar-refractivity contribution in [2.75, 3.05) is 45.2 Å². The van der Waals surface area contributed by atoms with Gasteiger partial charge in [-0.25, -0.2) is 8.78 Å². The molecule has 164 valence electrons. The number of ether oxygens (including phenoxy) is 1. The van der Waals surface area contributed by atoms with Crippen molar-refractivity contribution < 1.29 is 13.5 Å². The van der Waals surface area contributed by atoms with Gasteiger partial charge in [-0.1, -0.05) is 18.2 Å². The zero-order valence-electron chi connectivity index (χ0n) is 17.3. The van der Waals surface area contributed by atoms with E-state index in [4.69, 9.17) is 4.74 Å². The summed E-state index contributed by atoms with van der Waals surface area (Å²) in [5, 5.41) is 6.69. The normalized spacial score (nSPS) is 16.2. The number of aliphatic imine (C=N–C) groups is 1. The third-order valence-corrected chi connectivity index (χ3v) is 5.22. The van der Waals surface area contributed by atoms with Crippen molar-refractivity contribution in [2.45, 2.75) is 12.8 Å². The highest BCUT2D eigenvalue weighted by atomic mass is 127. The summed E-state index contributed by atoms with van der Waals surface area (Å²) < 4.78 is 32.0. The minimum absolute atomic E-state index is 0. The molecule has 3 rings (SSSR count). The van der Waals surface area contributed by atoms with Crippen LogP contribution in [-0.4, -0.2) is 46.3 Å². The predicted octanol–water partition coefficient (Wildman–Crippen LogP) is 3.83. The van der Waals surface area contributed by atoms with E-state index in [0.29, 0.717) is 5.92 Å². The largest absolute Gasteiger partial charge is 0.496 e. The quantitative estimate of drug-likeness (QED) is 0.325. The first-order valence-corrected chi connectivity index (χ1v) is 9.87. The van der Waals surface area contributed by atoms with E-state index in [1.165, 1.54) is 12.1 Å². The number of hydrogen-bond donors (Lipinski definition) is 2. The van der Waals surface area contributed by atoms with Crippen LogP contribution in [0.3, 0.4) is 0 Å². The Hall–Kier alpha value is -2.10. The second-order valence-corrected chi connectivity index (χ2v) is 7.14. The van der Waals surface area contributed by atoms with Gasteiger partial charge in [0.2, 0.25) is 0 Å². The Morgan fingerprint density at radius 3 is 2.70 bits per heavy atom. The van der Waals surface area contributed by atoms with Crippen molar-refractivity contribution in [3.8, 4) is 5.75 Å². The van der Waals surface area contributed by atoms with E-state index in [1.54, 1.807) is 20.2 Å². The van der Waals surface area contributed by atoms with Crippen molar-refractivity contribution in [1.82, 2.24) is 10.6 Å². The van der Waals surface area contributed by atoms with Gasteiger partial charge in [-0.3, -0.25) is 4.99 Å². The minimum atomic E-state index is -0.811. The van der Waals surface area contributed by atoms with Gasteiger partial charge in [-0.15, -0.1) is 24.0 Å². The summed E-state index contributed by atoms with van der Waals surface area (Å²) in [5.41, 5.74) is 1.88. The molecular weight excluding hydrogens is 501 g/mol. The summed E-state index contributed by atoms with van der Waals surface area (Å²) in [6, 6.07) is 12.1. The molecule has 2 N–H and O–H groups in total. The van der Waals surface area contributed by atoms with Gasteiger partial charge in [0.25, 0.3) is 0 Å². The third-order valence-electron chi connectivity index (χ3n) is 5.22. The molecule has 8 heteroatoms. The molecule has 1 unspecified atom stereocenters. The third kappa shape index (κ3) is 6.45. The van der Waals surface area contributed by atoms with Crippen LogP contribution in [0.5, 0.6) is 5.75 Å². The Morgan fingerprint density at radius 2 is 1.97 bits per heavy atom. The van der Waals surface area contributed by atoms with Gasteiger partial charge in [0, 0.05) is 45.0 Å². The summed E-state index contributed by atoms with van der Waals surface area (Å²) in [6.07, 6.45) is 1.82. The van der Waals surface area contributed by atoms with Crippen LogP contribution < -0.4 is 20.3 Å². The minimum Gasteiger partial charge on any atom is -0.496 e. The van der Waals surface area contributed by atoms with Crippen LogP contribution in [0.15, 0.2) is 47.5 Å². The zero-order chi connectivity index (χ0) is 20.6. The van der Waals surface area contributed by atoms with Crippen LogP contribution in [0.25, 0.3) is 0 Å². The summed E-state index contributed by atoms with van der Waals surface area (Å²) in [7, 11) is 3.43. The molecule has 0 amide bonds. The van der Waals surface area contributed by atoms with Gasteiger partial charge in [-0.05, 0) is 42.5 Å². The van der Waals surface area contributed by atoms with E-state index >= 15 is 0 Å². The summed E-state index contributed by atoms with van der Waals surface area (Å²) in [6.45, 7) is 3.15. The Morgan fingerprint density at radius 1 is 1.17 bits per heavy atom. The maximum absolute atomic E-state index is 13.5. The van der Waals surface area contributed by atoms with Crippen molar-refractivity contribution >= 4 is 35.6 Å². The van der Waals surface area contributed by atoms with Gasteiger partial charge in [0.1, 0.15) is 5.75 Å². The van der Waals surface area contributed by atoms with Gasteiger partial charge < -0.3 is 20.3 Å². The number of nitrogens with zero attached hydrogens (tertiary/aromatic N) is 2. The van der Waals surface area contributed by atoms with E-state index < -0.39 is 11.6 Å². The van der Waals surface area contributed by atoms with Crippen LogP contribution in [0.4, 0.5) is 14.5 Å². The number of nitrogens with one attached hydrogen (secondary N) is 2. The number of rotatable bonds is 7. The first-order valence-electron chi connectivity index (χ1n) is 9.87. The summed E-state index contributed by atoms with van der Waals surface area (Å²) >= 11 is 0. The van der Waals surface area contributed by atoms with Gasteiger partial charge in [0.05, 0.1) is 7.11 Å². The predicted molar refractivity (Wildman–Crippen MR) is 128 cm³/mol. The van der Waals surface area contributed by atoms with Crippen LogP contribution in [0, 0.1) is 17.6 Å². The fourth-order valence-corrected chi connectivity index (χ4v) is 3.60. The Bertz CT molecular complexity index is 850. The van der Waals surface area contributed by atoms with E-state index in [9.17, 15) is 8.78 Å². The lowest BCUT2D eigenvalue weighted by Crippen LogP contribution is -2.41. The molecule has 1 fully saturated rings. The fourth-order valence-electron chi connectivity index (χ4n) is 3.60. The summed E-state index contributed by atoms with van der Waals surface area (Å²) in [5.74, 6) is 0.445. The number of anilines is 1. The SMILES string of the molecule is CN=C(NCCc1ccccc1OC)NCC1CCN(c2ccc(F)c(F)c2)C1.I. The number of methoxy groups -OCH3 is 1. The molecular formula is C22H29F2IN4O. The average molecular weight is 530 g/mol. The fraction of sp³-hybridized carbons (Fsp3) is 0.409. The van der Waals surface area contributed by atoms with Gasteiger partial charge in [-0.2, -0.15) is 0 Å². The topological polar surface area (TPSA) is 48.9 Å². The number of halogens is 3. The molecule has 2 aromatic rings. The monoisotopic (exact) mass is 530 g/mol. The molecule has 1 aliphatic rings. The molecule has 0 aliphatic carbocycles. The molecule has 0 aromatic heterocycles. The standard InChI is InChI=1S/C22H28F2N4O.HI/c1-25-22(26-11-9-17-5-3-4-6-21(17)29-2)27-14-16-10-12-28(15-16)18-7-8-19(23)20(24)13-18;/h3-8,13,16H,9-12,14-15H2,1-2H3,(H2,25,26,27);1H. The molecule has 0 bridgehead atoms. The van der Waals surface area contributed by atoms with E-state index in [0.717, 1.165) is 62.0 Å². The van der Waals surface area contributed by atoms with Crippen molar-refractivity contribution in [1.29, 1.82) is 0 Å². The molecule has 0 radical (unpaired) electrons. The molecule has 5 nitrogen and oxygen atoms in total. The number of para-hydroxylation sites is 1. The molecule has 2 aromatic carbocycles. The van der Waals surface area contributed by atoms with Crippen LogP contribution in [0.1, 0.15) is 12.0 Å². The van der Waals surface area contributed by atoms with Crippen molar-refractivity contribution in [3.63, 3.8) is 0 Å². The molecule has 0 saturated carbocycles. The smallest absolute Gasteiger partial charge is 0.190 e. The van der Waals surface area contributed by atoms with E-state index in [1.807, 2.05) is 18.2 Å². The zero-order valence-corrected chi connectivity index (χ0v) is 19.7. The number of hydrogen-bond acceptors (Lipinski definition) is 3. The van der Waals surface area contributed by atoms with Gasteiger partial charge in [0.15, 0.2) is 17.6 Å². The van der Waals surface area contributed by atoms with Crippen LogP contribution in [0.2, 0.25) is 0 Å². The van der Waals surface area contributed by atoms with Crippen molar-refractivity contribution in [2.24, 2.45) is 10.9 Å². The highest BCUT2D eigenvalue weighted by Gasteiger charge is 2.23. The molecule has 1 saturated heterocycles. The van der Waals surface area contributed by atoms with E-state index in [2.05, 4.69) is 26.6 Å². The average Bonchev–Trinajstić information content (AvgIpc) is 3.22. The van der Waals surface area contributed by atoms with Gasteiger partial charge >= 0.3 is 0 Å². The molecule has 1 aliphatic heterocycles. The highest BCUT2D eigenvalue weighted by Crippen LogP contribution is 2.25. The summed E-state index contributed by atoms with van der Waals surface area (Å²) in [4.78, 5) is 6.37. The highest BCUT2D eigenvalue weighted by molar-refractivity contribution is 14.0. The maximum atomic E-state index is 13.5.